The lowest BCUT2D eigenvalue weighted by Gasteiger charge is -2.10. The second-order valence-electron chi connectivity index (χ2n) is 4.83. The van der Waals surface area contributed by atoms with Gasteiger partial charge in [0.1, 0.15) is 0 Å². The van der Waals surface area contributed by atoms with Crippen molar-refractivity contribution in [3.63, 3.8) is 0 Å². The van der Waals surface area contributed by atoms with Crippen molar-refractivity contribution >= 4 is 28.6 Å². The highest BCUT2D eigenvalue weighted by molar-refractivity contribution is 5.70. The first-order chi connectivity index (χ1) is 11.2. The van der Waals surface area contributed by atoms with E-state index in [4.69, 9.17) is 0 Å². The number of nitrogens with one attached hydrogen (secondary N) is 2. The fourth-order valence-electron chi connectivity index (χ4n) is 2.14. The Hall–Kier alpha value is -3.41. The molecule has 3 aromatic rings. The highest BCUT2D eigenvalue weighted by Crippen LogP contribution is 2.26. The van der Waals surface area contributed by atoms with Crippen LogP contribution in [0.5, 0.6) is 0 Å². The lowest BCUT2D eigenvalue weighted by Crippen LogP contribution is -1.99. The molecular weight excluding hydrogens is 292 g/mol. The average Bonchev–Trinajstić information content (AvgIpc) is 2.56. The Morgan fingerprint density at radius 2 is 1.52 bits per heavy atom. The number of aromatic nitrogens is 1. The van der Waals surface area contributed by atoms with Crippen molar-refractivity contribution in [2.75, 3.05) is 10.6 Å². The minimum atomic E-state index is -0.457. The van der Waals surface area contributed by atoms with Crippen LogP contribution in [0.25, 0.3) is 0 Å². The van der Waals surface area contributed by atoms with Gasteiger partial charge in [-0.15, -0.1) is 0 Å². The lowest BCUT2D eigenvalue weighted by molar-refractivity contribution is -0.384. The number of anilines is 4. The first-order valence-corrected chi connectivity index (χ1v) is 7.01. The summed E-state index contributed by atoms with van der Waals surface area (Å²) in [6.45, 7) is 0. The maximum atomic E-state index is 11.0. The summed E-state index contributed by atoms with van der Waals surface area (Å²) in [7, 11) is 0. The van der Waals surface area contributed by atoms with Gasteiger partial charge in [0.05, 0.1) is 4.92 Å². The molecule has 1 aromatic heterocycles. The third-order valence-electron chi connectivity index (χ3n) is 3.17. The SMILES string of the molecule is O=[N+]([O-])c1cccnc1Nc1cccc(Nc2ccccc2)c1. The summed E-state index contributed by atoms with van der Waals surface area (Å²) in [5.74, 6) is 0.217. The van der Waals surface area contributed by atoms with E-state index in [0.29, 0.717) is 5.69 Å². The van der Waals surface area contributed by atoms with Crippen LogP contribution in [0.3, 0.4) is 0 Å². The zero-order chi connectivity index (χ0) is 16.1. The highest BCUT2D eigenvalue weighted by atomic mass is 16.6. The van der Waals surface area contributed by atoms with Gasteiger partial charge in [0.15, 0.2) is 0 Å². The number of pyridine rings is 1. The second kappa shape index (κ2) is 6.57. The van der Waals surface area contributed by atoms with E-state index >= 15 is 0 Å². The molecule has 0 unspecified atom stereocenters. The molecule has 0 fully saturated rings. The first-order valence-electron chi connectivity index (χ1n) is 7.01. The number of hydrogen-bond acceptors (Lipinski definition) is 5. The van der Waals surface area contributed by atoms with Crippen molar-refractivity contribution < 1.29 is 4.92 Å². The molecule has 114 valence electrons. The van der Waals surface area contributed by atoms with E-state index in [1.807, 2.05) is 54.6 Å². The van der Waals surface area contributed by atoms with Crippen molar-refractivity contribution in [1.29, 1.82) is 0 Å². The van der Waals surface area contributed by atoms with E-state index in [-0.39, 0.29) is 11.5 Å². The standard InChI is InChI=1S/C17H14N4O2/c22-21(23)16-10-5-11-18-17(16)20-15-9-4-8-14(12-15)19-13-6-2-1-3-7-13/h1-12,19H,(H,18,20). The normalized spacial score (nSPS) is 10.1. The fraction of sp³-hybridized carbons (Fsp3) is 0. The van der Waals surface area contributed by atoms with E-state index in [1.54, 1.807) is 0 Å². The predicted octanol–water partition coefficient (Wildman–Crippen LogP) is 4.48. The van der Waals surface area contributed by atoms with E-state index in [2.05, 4.69) is 15.6 Å². The Morgan fingerprint density at radius 1 is 0.826 bits per heavy atom. The van der Waals surface area contributed by atoms with Crippen LogP contribution < -0.4 is 10.6 Å². The van der Waals surface area contributed by atoms with Crippen LogP contribution in [-0.4, -0.2) is 9.91 Å². The lowest BCUT2D eigenvalue weighted by atomic mass is 10.2. The maximum Gasteiger partial charge on any atom is 0.311 e. The number of hydrogen-bond donors (Lipinski definition) is 2. The molecule has 0 atom stereocenters. The Morgan fingerprint density at radius 3 is 2.26 bits per heavy atom. The Bertz CT molecular complexity index is 822. The Labute approximate surface area is 133 Å². The summed E-state index contributed by atoms with van der Waals surface area (Å²) in [6.07, 6.45) is 1.52. The smallest absolute Gasteiger partial charge is 0.311 e. The molecule has 0 radical (unpaired) electrons. The number of rotatable bonds is 5. The largest absolute Gasteiger partial charge is 0.355 e. The third kappa shape index (κ3) is 3.62. The van der Waals surface area contributed by atoms with E-state index < -0.39 is 4.92 Å². The molecule has 0 saturated heterocycles. The zero-order valence-corrected chi connectivity index (χ0v) is 12.1. The Kier molecular flexibility index (Phi) is 4.15. The molecule has 6 nitrogen and oxygen atoms in total. The molecule has 0 aliphatic rings. The molecule has 0 aliphatic carbocycles. The van der Waals surface area contributed by atoms with Gasteiger partial charge in [-0.2, -0.15) is 0 Å². The fourth-order valence-corrected chi connectivity index (χ4v) is 2.14. The van der Waals surface area contributed by atoms with Crippen molar-refractivity contribution in [2.45, 2.75) is 0 Å². The maximum absolute atomic E-state index is 11.0. The van der Waals surface area contributed by atoms with Gasteiger partial charge in [-0.1, -0.05) is 24.3 Å². The quantitative estimate of drug-likeness (QED) is 0.536. The van der Waals surface area contributed by atoms with E-state index in [1.165, 1.54) is 18.3 Å². The average molecular weight is 306 g/mol. The van der Waals surface area contributed by atoms with E-state index in [9.17, 15) is 10.1 Å². The molecule has 0 saturated carbocycles. The van der Waals surface area contributed by atoms with Gasteiger partial charge in [0, 0.05) is 29.3 Å². The molecule has 0 aliphatic heterocycles. The van der Waals surface area contributed by atoms with Crippen LogP contribution in [0.2, 0.25) is 0 Å². The number of para-hydroxylation sites is 1. The molecule has 23 heavy (non-hydrogen) atoms. The second-order valence-corrected chi connectivity index (χ2v) is 4.83. The van der Waals surface area contributed by atoms with Crippen LogP contribution in [0.1, 0.15) is 0 Å². The summed E-state index contributed by atoms with van der Waals surface area (Å²) in [5.41, 5.74) is 2.50. The number of benzene rings is 2. The van der Waals surface area contributed by atoms with Gasteiger partial charge >= 0.3 is 5.69 Å². The topological polar surface area (TPSA) is 80.1 Å². The van der Waals surface area contributed by atoms with Gasteiger partial charge in [-0.3, -0.25) is 10.1 Å². The minimum Gasteiger partial charge on any atom is -0.355 e. The van der Waals surface area contributed by atoms with Crippen LogP contribution in [-0.2, 0) is 0 Å². The first kappa shape index (κ1) is 14.5. The van der Waals surface area contributed by atoms with Gasteiger partial charge in [-0.05, 0) is 36.4 Å². The van der Waals surface area contributed by atoms with Crippen LogP contribution in [0.4, 0.5) is 28.6 Å². The molecule has 0 spiro atoms. The van der Waals surface area contributed by atoms with Crippen molar-refractivity contribution in [1.82, 2.24) is 4.98 Å². The monoisotopic (exact) mass is 306 g/mol. The molecular formula is C17H14N4O2. The van der Waals surface area contributed by atoms with Crippen molar-refractivity contribution in [3.05, 3.63) is 83.0 Å². The van der Waals surface area contributed by atoms with Gasteiger partial charge < -0.3 is 10.6 Å². The molecule has 1 heterocycles. The van der Waals surface area contributed by atoms with E-state index in [0.717, 1.165) is 11.4 Å². The number of nitrogens with zero attached hydrogens (tertiary/aromatic N) is 2. The van der Waals surface area contributed by atoms with Gasteiger partial charge in [0.2, 0.25) is 5.82 Å². The number of nitro groups is 1. The predicted molar refractivity (Wildman–Crippen MR) is 90.3 cm³/mol. The minimum absolute atomic E-state index is 0.0612. The summed E-state index contributed by atoms with van der Waals surface area (Å²) >= 11 is 0. The summed E-state index contributed by atoms with van der Waals surface area (Å²) in [4.78, 5) is 14.6. The third-order valence-corrected chi connectivity index (χ3v) is 3.17. The van der Waals surface area contributed by atoms with Gasteiger partial charge in [-0.25, -0.2) is 4.98 Å². The van der Waals surface area contributed by atoms with Crippen LogP contribution >= 0.6 is 0 Å². The summed E-state index contributed by atoms with van der Waals surface area (Å²) in [5, 5.41) is 17.3. The summed E-state index contributed by atoms with van der Waals surface area (Å²) in [6, 6.07) is 20.2. The van der Waals surface area contributed by atoms with Gasteiger partial charge in [0.25, 0.3) is 0 Å². The molecule has 0 amide bonds. The molecule has 6 heteroatoms. The molecule has 0 bridgehead atoms. The van der Waals surface area contributed by atoms with Crippen LogP contribution in [0, 0.1) is 10.1 Å². The Balaban J connectivity index is 1.82. The molecule has 2 aromatic carbocycles. The highest BCUT2D eigenvalue weighted by Gasteiger charge is 2.14. The van der Waals surface area contributed by atoms with Crippen molar-refractivity contribution in [3.8, 4) is 0 Å². The summed E-state index contributed by atoms with van der Waals surface area (Å²) < 4.78 is 0. The molecule has 3 rings (SSSR count). The molecule has 2 N–H and O–H groups in total. The zero-order valence-electron chi connectivity index (χ0n) is 12.1. The van der Waals surface area contributed by atoms with Crippen molar-refractivity contribution in [2.24, 2.45) is 0 Å². The van der Waals surface area contributed by atoms with Crippen LogP contribution in [0.15, 0.2) is 72.9 Å².